The molecule has 3 aliphatic heterocycles. The van der Waals surface area contributed by atoms with Gasteiger partial charge in [0.05, 0.1) is 5.52 Å². The van der Waals surface area contributed by atoms with Crippen molar-refractivity contribution in [1.82, 2.24) is 19.6 Å². The van der Waals surface area contributed by atoms with Gasteiger partial charge in [0.1, 0.15) is 12.2 Å². The van der Waals surface area contributed by atoms with E-state index in [1.54, 1.807) is 35.2 Å². The van der Waals surface area contributed by atoms with Gasteiger partial charge in [-0.15, -0.1) is 0 Å². The van der Waals surface area contributed by atoms with Crippen molar-refractivity contribution in [2.45, 2.75) is 32.0 Å². The number of nitrogens with zero attached hydrogens (tertiary/aromatic N) is 5. The molecule has 1 aromatic heterocycles. The smallest absolute Gasteiger partial charge is 0.341 e. The monoisotopic (exact) mass is 459 g/mol. The second-order valence-corrected chi connectivity index (χ2v) is 9.53. The lowest BCUT2D eigenvalue weighted by Gasteiger charge is -2.39. The Morgan fingerprint density at radius 3 is 2.61 bits per heavy atom. The van der Waals surface area contributed by atoms with E-state index in [1.165, 1.54) is 17.4 Å². The Hall–Kier alpha value is -2.81. The predicted molar refractivity (Wildman–Crippen MR) is 121 cm³/mol. The normalized spacial score (nSPS) is 21.3. The minimum Gasteiger partial charge on any atom is -0.341 e. The van der Waals surface area contributed by atoms with Crippen LogP contribution in [0.15, 0.2) is 48.3 Å². The number of carbonyl (C=O) groups is 1. The van der Waals surface area contributed by atoms with Gasteiger partial charge in [0.25, 0.3) is 0 Å². The average molecular weight is 460 g/mol. The van der Waals surface area contributed by atoms with Crippen LogP contribution >= 0.6 is 0 Å². The topological polar surface area (TPSA) is 44.6 Å². The third kappa shape index (κ3) is 4.38. The van der Waals surface area contributed by atoms with Crippen molar-refractivity contribution in [3.05, 3.63) is 48.3 Å². The maximum absolute atomic E-state index is 13.4. The number of carbonyl (C=O) groups excluding carboxylic acids is 1. The third-order valence-corrected chi connectivity index (χ3v) is 7.21. The van der Waals surface area contributed by atoms with Crippen LogP contribution in [0.25, 0.3) is 10.9 Å². The second-order valence-electron chi connectivity index (χ2n) is 9.53. The van der Waals surface area contributed by atoms with Gasteiger partial charge >= 0.3 is 6.18 Å². The van der Waals surface area contributed by atoms with E-state index >= 15 is 0 Å². The molecule has 176 valence electrons. The molecule has 3 aliphatic rings. The first-order valence-electron chi connectivity index (χ1n) is 11.4. The molecule has 0 atom stereocenters. The van der Waals surface area contributed by atoms with E-state index in [1.807, 2.05) is 4.90 Å². The van der Waals surface area contributed by atoms with Crippen LogP contribution in [-0.2, 0) is 11.3 Å². The standard InChI is InChI=1S/C24H28F3N5O/c1-29-11-7-23(17-29)8-12-30(13-9-23)22(33)16-31-15-18-14-19(5-6-20(18)28-31)32-10-3-2-4-21(32)24(25,26)27/h2-6,14-15H,7-13,16-17H2,1H3. The predicted octanol–water partition coefficient (Wildman–Crippen LogP) is 3.80. The van der Waals surface area contributed by atoms with Crippen molar-refractivity contribution in [1.29, 1.82) is 0 Å². The third-order valence-electron chi connectivity index (χ3n) is 7.21. The number of fused-ring (bicyclic) bond motifs is 1. The number of allylic oxidation sites excluding steroid dienone is 3. The maximum atomic E-state index is 13.4. The number of amides is 1. The summed E-state index contributed by atoms with van der Waals surface area (Å²) in [6.45, 7) is 4.07. The second kappa shape index (κ2) is 8.20. The number of piperidine rings is 1. The van der Waals surface area contributed by atoms with Gasteiger partial charge in [0.2, 0.25) is 5.91 Å². The minimum absolute atomic E-state index is 0.0349. The number of halogens is 3. The number of benzene rings is 1. The fourth-order valence-electron chi connectivity index (χ4n) is 5.35. The molecule has 4 heterocycles. The van der Waals surface area contributed by atoms with Gasteiger partial charge in [-0.2, -0.15) is 18.3 Å². The summed E-state index contributed by atoms with van der Waals surface area (Å²) in [6, 6.07) is 5.05. The molecule has 0 radical (unpaired) electrons. The van der Waals surface area contributed by atoms with Crippen LogP contribution in [0.3, 0.4) is 0 Å². The van der Waals surface area contributed by atoms with E-state index < -0.39 is 11.9 Å². The Balaban J connectivity index is 1.27. The number of rotatable bonds is 3. The summed E-state index contributed by atoms with van der Waals surface area (Å²) in [6.07, 6.45) is 4.78. The summed E-state index contributed by atoms with van der Waals surface area (Å²) in [4.78, 5) is 18.4. The summed E-state index contributed by atoms with van der Waals surface area (Å²) < 4.78 is 41.9. The van der Waals surface area contributed by atoms with E-state index in [-0.39, 0.29) is 19.0 Å². The zero-order valence-electron chi connectivity index (χ0n) is 18.7. The Bertz CT molecular complexity index is 1110. The molecule has 2 aromatic rings. The maximum Gasteiger partial charge on any atom is 0.431 e. The van der Waals surface area contributed by atoms with Crippen LogP contribution in [0.5, 0.6) is 0 Å². The van der Waals surface area contributed by atoms with Gasteiger partial charge in [-0.3, -0.25) is 9.48 Å². The van der Waals surface area contributed by atoms with E-state index in [2.05, 4.69) is 17.0 Å². The summed E-state index contributed by atoms with van der Waals surface area (Å²) in [7, 11) is 2.16. The highest BCUT2D eigenvalue weighted by Gasteiger charge is 2.40. The van der Waals surface area contributed by atoms with Crippen molar-refractivity contribution < 1.29 is 18.0 Å². The van der Waals surface area contributed by atoms with Crippen LogP contribution in [0, 0.1) is 5.41 Å². The number of aromatic nitrogens is 2. The molecular formula is C24H28F3N5O. The lowest BCUT2D eigenvalue weighted by Crippen LogP contribution is -2.45. The van der Waals surface area contributed by atoms with Gasteiger partial charge in [-0.25, -0.2) is 0 Å². The average Bonchev–Trinajstić information content (AvgIpc) is 3.35. The number of likely N-dealkylation sites (tertiary alicyclic amines) is 2. The number of alkyl halides is 3. The molecule has 0 N–H and O–H groups in total. The number of hydrogen-bond donors (Lipinski definition) is 0. The van der Waals surface area contributed by atoms with Crippen LogP contribution in [0.4, 0.5) is 18.9 Å². The Labute approximate surface area is 190 Å². The Morgan fingerprint density at radius 1 is 1.15 bits per heavy atom. The molecule has 2 fully saturated rings. The van der Waals surface area contributed by atoms with Gasteiger partial charge in [0.15, 0.2) is 0 Å². The van der Waals surface area contributed by atoms with Crippen molar-refractivity contribution >= 4 is 22.5 Å². The van der Waals surface area contributed by atoms with Crippen LogP contribution in [-0.4, -0.2) is 71.4 Å². The van der Waals surface area contributed by atoms with Crippen LogP contribution < -0.4 is 4.90 Å². The Morgan fingerprint density at radius 2 is 1.91 bits per heavy atom. The molecule has 0 unspecified atom stereocenters. The van der Waals surface area contributed by atoms with Crippen LogP contribution in [0.2, 0.25) is 0 Å². The molecular weight excluding hydrogens is 431 g/mol. The quantitative estimate of drug-likeness (QED) is 0.701. The first-order valence-corrected chi connectivity index (χ1v) is 11.4. The Kier molecular flexibility index (Phi) is 5.47. The highest BCUT2D eigenvalue weighted by molar-refractivity contribution is 5.84. The summed E-state index contributed by atoms with van der Waals surface area (Å²) in [5, 5.41) is 5.19. The van der Waals surface area contributed by atoms with E-state index in [4.69, 9.17) is 0 Å². The van der Waals surface area contributed by atoms with Crippen molar-refractivity contribution in [3.8, 4) is 0 Å². The lowest BCUT2D eigenvalue weighted by molar-refractivity contribution is -0.134. The van der Waals surface area contributed by atoms with Crippen molar-refractivity contribution in [2.75, 3.05) is 44.7 Å². The first kappa shape index (κ1) is 22.0. The van der Waals surface area contributed by atoms with Crippen molar-refractivity contribution in [3.63, 3.8) is 0 Å². The van der Waals surface area contributed by atoms with Gasteiger partial charge < -0.3 is 14.7 Å². The molecule has 33 heavy (non-hydrogen) atoms. The summed E-state index contributed by atoms with van der Waals surface area (Å²) >= 11 is 0. The van der Waals surface area contributed by atoms with Gasteiger partial charge in [0, 0.05) is 43.4 Å². The van der Waals surface area contributed by atoms with Gasteiger partial charge in [-0.05, 0) is 62.5 Å². The highest BCUT2D eigenvalue weighted by Crippen LogP contribution is 2.40. The molecule has 6 nitrogen and oxygen atoms in total. The van der Waals surface area contributed by atoms with Crippen molar-refractivity contribution in [2.24, 2.45) is 5.41 Å². The molecule has 2 saturated heterocycles. The fraction of sp³-hybridized carbons (Fsp3) is 0.500. The first-order chi connectivity index (χ1) is 15.7. The fourth-order valence-corrected chi connectivity index (χ4v) is 5.35. The van der Waals surface area contributed by atoms with Crippen LogP contribution in [0.1, 0.15) is 19.3 Å². The molecule has 1 amide bonds. The molecule has 5 rings (SSSR count). The zero-order valence-corrected chi connectivity index (χ0v) is 18.7. The number of anilines is 1. The van der Waals surface area contributed by atoms with E-state index in [0.717, 1.165) is 45.1 Å². The van der Waals surface area contributed by atoms with Gasteiger partial charge in [-0.1, -0.05) is 12.2 Å². The SMILES string of the molecule is CN1CCC2(CCN(C(=O)Cn3cc4cc(N5CC=CC=C5C(F)(F)F)ccc4n3)CC2)C1. The molecule has 0 bridgehead atoms. The molecule has 0 saturated carbocycles. The number of hydrogen-bond acceptors (Lipinski definition) is 4. The van der Waals surface area contributed by atoms with E-state index in [9.17, 15) is 18.0 Å². The summed E-state index contributed by atoms with van der Waals surface area (Å²) in [5.41, 5.74) is 0.769. The zero-order chi connectivity index (χ0) is 23.2. The largest absolute Gasteiger partial charge is 0.431 e. The summed E-state index contributed by atoms with van der Waals surface area (Å²) in [5.74, 6) is 0.0349. The lowest BCUT2D eigenvalue weighted by atomic mass is 9.78. The molecule has 0 aliphatic carbocycles. The molecule has 1 spiro atoms. The highest BCUT2D eigenvalue weighted by atomic mass is 19.4. The minimum atomic E-state index is -4.43. The van der Waals surface area contributed by atoms with E-state index in [0.29, 0.717) is 22.0 Å². The molecule has 1 aromatic carbocycles. The molecule has 9 heteroatoms.